The van der Waals surface area contributed by atoms with Gasteiger partial charge in [-0.3, -0.25) is 14.9 Å². The molecule has 7 nitrogen and oxygen atoms in total. The number of aromatic nitrogens is 1. The van der Waals surface area contributed by atoms with Gasteiger partial charge in [0.25, 0.3) is 11.6 Å². The summed E-state index contributed by atoms with van der Waals surface area (Å²) in [5.41, 5.74) is 2.94. The summed E-state index contributed by atoms with van der Waals surface area (Å²) in [4.78, 5) is 24.7. The van der Waals surface area contributed by atoms with Crippen LogP contribution in [-0.2, 0) is 6.42 Å². The first-order chi connectivity index (χ1) is 10.1. The van der Waals surface area contributed by atoms with Crippen LogP contribution >= 0.6 is 0 Å². The number of hydrogen-bond donors (Lipinski definition) is 3. The van der Waals surface area contributed by atoms with Gasteiger partial charge in [-0.15, -0.1) is 0 Å². The monoisotopic (exact) mass is 286 g/mol. The fourth-order valence-corrected chi connectivity index (χ4v) is 2.36. The molecule has 1 aliphatic heterocycles. The van der Waals surface area contributed by atoms with E-state index in [2.05, 4.69) is 15.6 Å². The molecule has 21 heavy (non-hydrogen) atoms. The molecule has 0 spiro atoms. The number of H-pyrrole nitrogens is 1. The van der Waals surface area contributed by atoms with E-state index in [0.29, 0.717) is 5.69 Å². The summed E-state index contributed by atoms with van der Waals surface area (Å²) in [6, 6.07) is 6.91. The minimum Gasteiger partial charge on any atom is -0.385 e. The summed E-state index contributed by atoms with van der Waals surface area (Å²) in [6.07, 6.45) is 3.33. The normalized spacial score (nSPS) is 13.1. The molecule has 0 saturated heterocycles. The van der Waals surface area contributed by atoms with Crippen LogP contribution in [0.2, 0.25) is 0 Å². The second-order valence-electron chi connectivity index (χ2n) is 4.89. The molecular formula is C14H14N4O3. The number of benzene rings is 1. The zero-order chi connectivity index (χ0) is 14.8. The van der Waals surface area contributed by atoms with Crippen molar-refractivity contribution < 1.29 is 9.72 Å². The van der Waals surface area contributed by atoms with E-state index in [1.54, 1.807) is 0 Å². The highest BCUT2D eigenvalue weighted by Crippen LogP contribution is 2.25. The van der Waals surface area contributed by atoms with E-state index in [1.807, 2.05) is 18.2 Å². The van der Waals surface area contributed by atoms with E-state index in [1.165, 1.54) is 17.8 Å². The highest BCUT2D eigenvalue weighted by Gasteiger charge is 2.15. The SMILES string of the molecule is O=C(Nc1ccc2c(c1)NCCC2)c1cc([N+](=O)[O-])c[nH]1. The number of aryl methyl sites for hydroxylation is 1. The van der Waals surface area contributed by atoms with Crippen molar-refractivity contribution >= 4 is 23.0 Å². The molecule has 1 aromatic carbocycles. The predicted octanol–water partition coefficient (Wildman–Crippen LogP) is 2.53. The van der Waals surface area contributed by atoms with Crippen LogP contribution in [0.3, 0.4) is 0 Å². The van der Waals surface area contributed by atoms with Crippen molar-refractivity contribution in [3.05, 3.63) is 51.8 Å². The third kappa shape index (κ3) is 2.71. The third-order valence-corrected chi connectivity index (χ3v) is 3.43. The quantitative estimate of drug-likeness (QED) is 0.596. The Morgan fingerprint density at radius 3 is 2.95 bits per heavy atom. The number of hydrogen-bond acceptors (Lipinski definition) is 4. The Hall–Kier alpha value is -2.83. The Morgan fingerprint density at radius 2 is 2.19 bits per heavy atom. The molecule has 3 rings (SSSR count). The predicted molar refractivity (Wildman–Crippen MR) is 78.7 cm³/mol. The van der Waals surface area contributed by atoms with Gasteiger partial charge >= 0.3 is 0 Å². The van der Waals surface area contributed by atoms with E-state index in [-0.39, 0.29) is 11.4 Å². The average Bonchev–Trinajstić information content (AvgIpc) is 2.97. The van der Waals surface area contributed by atoms with Gasteiger partial charge in [0.05, 0.1) is 11.1 Å². The molecule has 7 heteroatoms. The van der Waals surface area contributed by atoms with Crippen LogP contribution in [0.25, 0.3) is 0 Å². The Balaban J connectivity index is 1.76. The van der Waals surface area contributed by atoms with Crippen LogP contribution in [0.15, 0.2) is 30.5 Å². The van der Waals surface area contributed by atoms with Crippen molar-refractivity contribution in [2.45, 2.75) is 12.8 Å². The molecule has 1 amide bonds. The molecule has 108 valence electrons. The van der Waals surface area contributed by atoms with Gasteiger partial charge in [-0.05, 0) is 30.5 Å². The largest absolute Gasteiger partial charge is 0.385 e. The minimum absolute atomic E-state index is 0.132. The Kier molecular flexibility index (Phi) is 3.31. The van der Waals surface area contributed by atoms with E-state index < -0.39 is 10.8 Å². The molecule has 0 radical (unpaired) electrons. The molecule has 0 fully saturated rings. The summed E-state index contributed by atoms with van der Waals surface area (Å²) in [5.74, 6) is -0.404. The van der Waals surface area contributed by atoms with Crippen LogP contribution in [-0.4, -0.2) is 22.4 Å². The summed E-state index contributed by atoms with van der Waals surface area (Å²) in [5, 5.41) is 16.6. The molecule has 0 atom stereocenters. The first-order valence-corrected chi connectivity index (χ1v) is 6.64. The van der Waals surface area contributed by atoms with Crippen molar-refractivity contribution in [1.29, 1.82) is 0 Å². The van der Waals surface area contributed by atoms with Gasteiger partial charge in [-0.1, -0.05) is 6.07 Å². The van der Waals surface area contributed by atoms with Crippen molar-refractivity contribution in [2.75, 3.05) is 17.2 Å². The number of aromatic amines is 1. The third-order valence-electron chi connectivity index (χ3n) is 3.43. The van der Waals surface area contributed by atoms with Gasteiger partial charge in [-0.2, -0.15) is 0 Å². The summed E-state index contributed by atoms with van der Waals surface area (Å²) < 4.78 is 0. The minimum atomic E-state index is -0.546. The molecule has 1 aromatic heterocycles. The zero-order valence-electron chi connectivity index (χ0n) is 11.2. The molecule has 2 aromatic rings. The molecule has 2 heterocycles. The lowest BCUT2D eigenvalue weighted by atomic mass is 10.0. The van der Waals surface area contributed by atoms with E-state index >= 15 is 0 Å². The lowest BCUT2D eigenvalue weighted by molar-refractivity contribution is -0.384. The first-order valence-electron chi connectivity index (χ1n) is 6.64. The van der Waals surface area contributed by atoms with Gasteiger partial charge in [0.15, 0.2) is 0 Å². The van der Waals surface area contributed by atoms with Crippen LogP contribution in [0.1, 0.15) is 22.5 Å². The molecular weight excluding hydrogens is 272 g/mol. The van der Waals surface area contributed by atoms with Crippen molar-refractivity contribution in [3.8, 4) is 0 Å². The number of anilines is 2. The van der Waals surface area contributed by atoms with Gasteiger partial charge in [0.2, 0.25) is 0 Å². The van der Waals surface area contributed by atoms with E-state index in [4.69, 9.17) is 0 Å². The molecule has 0 unspecified atom stereocenters. The van der Waals surface area contributed by atoms with Crippen LogP contribution in [0, 0.1) is 10.1 Å². The number of nitrogens with one attached hydrogen (secondary N) is 3. The molecule has 3 N–H and O–H groups in total. The molecule has 0 saturated carbocycles. The van der Waals surface area contributed by atoms with Crippen molar-refractivity contribution in [3.63, 3.8) is 0 Å². The number of nitrogens with zero attached hydrogens (tertiary/aromatic N) is 1. The maximum atomic E-state index is 12.0. The topological polar surface area (TPSA) is 100 Å². The van der Waals surface area contributed by atoms with Gasteiger partial charge < -0.3 is 15.6 Å². The molecule has 1 aliphatic rings. The van der Waals surface area contributed by atoms with Gasteiger partial charge in [-0.25, -0.2) is 0 Å². The Morgan fingerprint density at radius 1 is 1.33 bits per heavy atom. The first kappa shape index (κ1) is 13.2. The smallest absolute Gasteiger partial charge is 0.287 e. The summed E-state index contributed by atoms with van der Waals surface area (Å²) in [6.45, 7) is 0.924. The van der Waals surface area contributed by atoms with Gasteiger partial charge in [0.1, 0.15) is 5.69 Å². The average molecular weight is 286 g/mol. The number of carbonyl (C=O) groups excluding carboxylic acids is 1. The lowest BCUT2D eigenvalue weighted by Gasteiger charge is -2.18. The standard InChI is InChI=1S/C14H14N4O3/c19-14(13-7-11(8-16-13)18(20)21)17-10-4-3-9-2-1-5-15-12(9)6-10/h3-4,6-8,15-16H,1-2,5H2,(H,17,19). The maximum Gasteiger partial charge on any atom is 0.287 e. The van der Waals surface area contributed by atoms with Crippen LogP contribution < -0.4 is 10.6 Å². The fourth-order valence-electron chi connectivity index (χ4n) is 2.36. The Bertz CT molecular complexity index is 708. The second kappa shape index (κ2) is 5.28. The number of carbonyl (C=O) groups is 1. The van der Waals surface area contributed by atoms with Crippen molar-refractivity contribution in [2.24, 2.45) is 0 Å². The highest BCUT2D eigenvalue weighted by molar-refractivity contribution is 6.03. The van der Waals surface area contributed by atoms with E-state index in [9.17, 15) is 14.9 Å². The number of rotatable bonds is 3. The molecule has 0 aliphatic carbocycles. The highest BCUT2D eigenvalue weighted by atomic mass is 16.6. The Labute approximate surface area is 120 Å². The summed E-state index contributed by atoms with van der Waals surface area (Å²) >= 11 is 0. The lowest BCUT2D eigenvalue weighted by Crippen LogP contribution is -2.15. The fraction of sp³-hybridized carbons (Fsp3) is 0.214. The molecule has 0 bridgehead atoms. The number of nitro groups is 1. The number of fused-ring (bicyclic) bond motifs is 1. The zero-order valence-corrected chi connectivity index (χ0v) is 11.2. The number of amides is 1. The van der Waals surface area contributed by atoms with Crippen LogP contribution in [0.5, 0.6) is 0 Å². The van der Waals surface area contributed by atoms with Crippen molar-refractivity contribution in [1.82, 2.24) is 4.98 Å². The van der Waals surface area contributed by atoms with Gasteiger partial charge in [0, 0.05) is 24.0 Å². The maximum absolute atomic E-state index is 12.0. The van der Waals surface area contributed by atoms with E-state index in [0.717, 1.165) is 25.1 Å². The summed E-state index contributed by atoms with van der Waals surface area (Å²) in [7, 11) is 0. The second-order valence-corrected chi connectivity index (χ2v) is 4.89. The van der Waals surface area contributed by atoms with Crippen LogP contribution in [0.4, 0.5) is 17.1 Å².